The lowest BCUT2D eigenvalue weighted by atomic mass is 9.83. The van der Waals surface area contributed by atoms with Crippen molar-refractivity contribution in [1.82, 2.24) is 19.7 Å². The van der Waals surface area contributed by atoms with Gasteiger partial charge in [0.05, 0.1) is 30.4 Å². The topological polar surface area (TPSA) is 69.2 Å². The number of rotatable bonds is 6. The van der Waals surface area contributed by atoms with Crippen molar-refractivity contribution in [2.75, 3.05) is 11.9 Å². The standard InChI is InChI=1S/C20H27FN6O/c1-13-6-8-15(9-7-13)12-28-18-16(21)10-23-19(25-18)24-17-11-27(26-14(17)2)20(3,4)22-5/h10-11,13,15H,6-9,12H2,1-4H3,(H,23,24,25). The Morgan fingerprint density at radius 1 is 1.36 bits per heavy atom. The number of ether oxygens (including phenoxy) is 1. The Balaban J connectivity index is 1.69. The number of nitrogens with one attached hydrogen (secondary N) is 1. The Morgan fingerprint density at radius 2 is 2.07 bits per heavy atom. The number of hydrogen-bond acceptors (Lipinski definition) is 5. The quantitative estimate of drug-likeness (QED) is 0.730. The van der Waals surface area contributed by atoms with Crippen LogP contribution in [0.4, 0.5) is 16.0 Å². The molecule has 0 spiro atoms. The van der Waals surface area contributed by atoms with E-state index in [1.807, 2.05) is 6.92 Å². The highest BCUT2D eigenvalue weighted by atomic mass is 19.1. The van der Waals surface area contributed by atoms with Crippen molar-refractivity contribution in [2.24, 2.45) is 11.8 Å². The molecule has 1 aliphatic carbocycles. The number of halogens is 1. The lowest BCUT2D eigenvalue weighted by molar-refractivity contribution is 0.178. The van der Waals surface area contributed by atoms with E-state index in [4.69, 9.17) is 11.3 Å². The number of anilines is 2. The molecule has 150 valence electrons. The normalized spacial score (nSPS) is 19.9. The van der Waals surface area contributed by atoms with E-state index in [9.17, 15) is 4.39 Å². The zero-order valence-electron chi connectivity index (χ0n) is 16.9. The third kappa shape index (κ3) is 4.58. The zero-order valence-corrected chi connectivity index (χ0v) is 16.9. The Bertz CT molecular complexity index is 864. The molecule has 7 nitrogen and oxygen atoms in total. The fourth-order valence-corrected chi connectivity index (χ4v) is 3.24. The van der Waals surface area contributed by atoms with Crippen LogP contribution in [0.5, 0.6) is 5.88 Å². The van der Waals surface area contributed by atoms with Gasteiger partial charge in [-0.15, -0.1) is 0 Å². The fourth-order valence-electron chi connectivity index (χ4n) is 3.24. The Kier molecular flexibility index (Phi) is 5.82. The fraction of sp³-hybridized carbons (Fsp3) is 0.600. The number of aromatic nitrogens is 4. The largest absolute Gasteiger partial charge is 0.475 e. The van der Waals surface area contributed by atoms with Crippen LogP contribution in [0.15, 0.2) is 12.4 Å². The summed E-state index contributed by atoms with van der Waals surface area (Å²) >= 11 is 0. The number of hydrogen-bond donors (Lipinski definition) is 1. The smallest absolute Gasteiger partial charge is 0.319 e. The summed E-state index contributed by atoms with van der Waals surface area (Å²) in [6.07, 6.45) is 7.43. The molecule has 1 aliphatic rings. The first-order valence-electron chi connectivity index (χ1n) is 9.66. The average Bonchev–Trinajstić information content (AvgIpc) is 3.05. The van der Waals surface area contributed by atoms with Gasteiger partial charge in [0, 0.05) is 13.8 Å². The SMILES string of the molecule is [C-]#[N+]C(C)(C)n1cc(Nc2ncc(F)c(OCC3CCC(C)CC3)n2)c(C)n1. The Labute approximate surface area is 165 Å². The van der Waals surface area contributed by atoms with E-state index in [0.717, 1.165) is 25.0 Å². The molecule has 0 aromatic carbocycles. The summed E-state index contributed by atoms with van der Waals surface area (Å²) < 4.78 is 21.3. The second kappa shape index (κ2) is 8.13. The highest BCUT2D eigenvalue weighted by Gasteiger charge is 2.27. The van der Waals surface area contributed by atoms with Crippen LogP contribution < -0.4 is 10.1 Å². The molecule has 3 rings (SSSR count). The van der Waals surface area contributed by atoms with Crippen LogP contribution in [-0.4, -0.2) is 26.4 Å². The van der Waals surface area contributed by atoms with Crippen LogP contribution in [0, 0.1) is 31.1 Å². The minimum Gasteiger partial charge on any atom is -0.475 e. The van der Waals surface area contributed by atoms with Crippen LogP contribution in [0.3, 0.4) is 0 Å². The Morgan fingerprint density at radius 3 is 2.75 bits per heavy atom. The molecule has 2 aromatic rings. The van der Waals surface area contributed by atoms with Crippen molar-refractivity contribution in [3.8, 4) is 5.88 Å². The van der Waals surface area contributed by atoms with Crippen LogP contribution in [0.1, 0.15) is 52.1 Å². The van der Waals surface area contributed by atoms with Crippen LogP contribution in [0.25, 0.3) is 4.85 Å². The summed E-state index contributed by atoms with van der Waals surface area (Å²) in [5, 5.41) is 7.42. The van der Waals surface area contributed by atoms with Gasteiger partial charge in [-0.2, -0.15) is 19.2 Å². The predicted molar refractivity (Wildman–Crippen MR) is 105 cm³/mol. The number of nitrogens with zero attached hydrogens (tertiary/aromatic N) is 5. The first kappa shape index (κ1) is 20.1. The maximum absolute atomic E-state index is 14.1. The molecular formula is C20H27FN6O. The van der Waals surface area contributed by atoms with Gasteiger partial charge in [0.25, 0.3) is 5.88 Å². The predicted octanol–water partition coefficient (Wildman–Crippen LogP) is 4.68. The highest BCUT2D eigenvalue weighted by Crippen LogP contribution is 2.29. The van der Waals surface area contributed by atoms with Crippen LogP contribution >= 0.6 is 0 Å². The van der Waals surface area contributed by atoms with Gasteiger partial charge in [0.15, 0.2) is 0 Å². The summed E-state index contributed by atoms with van der Waals surface area (Å²) in [6, 6.07) is 0. The van der Waals surface area contributed by atoms with E-state index in [1.165, 1.54) is 12.8 Å². The van der Waals surface area contributed by atoms with Crippen LogP contribution in [-0.2, 0) is 5.66 Å². The van der Waals surface area contributed by atoms with E-state index >= 15 is 0 Å². The van der Waals surface area contributed by atoms with E-state index < -0.39 is 11.5 Å². The van der Waals surface area contributed by atoms with E-state index in [-0.39, 0.29) is 11.8 Å². The molecule has 2 aromatic heterocycles. The van der Waals surface area contributed by atoms with Crippen molar-refractivity contribution in [2.45, 2.75) is 59.0 Å². The molecule has 0 radical (unpaired) electrons. The van der Waals surface area contributed by atoms with Gasteiger partial charge < -0.3 is 10.1 Å². The van der Waals surface area contributed by atoms with E-state index in [2.05, 4.69) is 32.2 Å². The van der Waals surface area contributed by atoms with Gasteiger partial charge in [-0.1, -0.05) is 19.8 Å². The van der Waals surface area contributed by atoms with Crippen LogP contribution in [0.2, 0.25) is 0 Å². The first-order chi connectivity index (χ1) is 13.3. The first-order valence-corrected chi connectivity index (χ1v) is 9.66. The highest BCUT2D eigenvalue weighted by molar-refractivity contribution is 5.55. The van der Waals surface area contributed by atoms with Gasteiger partial charge in [-0.3, -0.25) is 4.85 Å². The van der Waals surface area contributed by atoms with Crippen molar-refractivity contribution in [1.29, 1.82) is 0 Å². The van der Waals surface area contributed by atoms with Gasteiger partial charge >= 0.3 is 5.66 Å². The van der Waals surface area contributed by atoms with Crippen molar-refractivity contribution < 1.29 is 9.13 Å². The summed E-state index contributed by atoms with van der Waals surface area (Å²) in [5.41, 5.74) is 0.569. The van der Waals surface area contributed by atoms with Gasteiger partial charge in [-0.05, 0) is 31.6 Å². The maximum Gasteiger partial charge on any atom is 0.319 e. The maximum atomic E-state index is 14.1. The third-order valence-corrected chi connectivity index (χ3v) is 5.28. The molecule has 28 heavy (non-hydrogen) atoms. The molecule has 8 heteroatoms. The van der Waals surface area contributed by atoms with Gasteiger partial charge in [0.2, 0.25) is 11.8 Å². The van der Waals surface area contributed by atoms with E-state index in [1.54, 1.807) is 24.7 Å². The molecule has 1 saturated carbocycles. The second-order valence-corrected chi connectivity index (χ2v) is 8.09. The molecule has 0 unspecified atom stereocenters. The van der Waals surface area contributed by atoms with Crippen molar-refractivity contribution in [3.05, 3.63) is 35.3 Å². The average molecular weight is 386 g/mol. The second-order valence-electron chi connectivity index (χ2n) is 8.09. The molecular weight excluding hydrogens is 359 g/mol. The minimum absolute atomic E-state index is 0.0392. The van der Waals surface area contributed by atoms with Crippen molar-refractivity contribution in [3.63, 3.8) is 0 Å². The molecule has 0 aliphatic heterocycles. The van der Waals surface area contributed by atoms with Crippen molar-refractivity contribution >= 4 is 11.6 Å². The molecule has 2 heterocycles. The molecule has 0 atom stereocenters. The lowest BCUT2D eigenvalue weighted by Crippen LogP contribution is -2.22. The lowest BCUT2D eigenvalue weighted by Gasteiger charge is -2.25. The summed E-state index contributed by atoms with van der Waals surface area (Å²) in [4.78, 5) is 11.8. The van der Waals surface area contributed by atoms with Gasteiger partial charge in [0.1, 0.15) is 0 Å². The zero-order chi connectivity index (χ0) is 20.3. The molecule has 0 bridgehead atoms. The molecule has 0 amide bonds. The number of aryl methyl sites for hydroxylation is 1. The molecule has 1 fully saturated rings. The minimum atomic E-state index is -0.792. The summed E-state index contributed by atoms with van der Waals surface area (Å²) in [7, 11) is 0. The van der Waals surface area contributed by atoms with E-state index in [0.29, 0.717) is 23.9 Å². The third-order valence-electron chi connectivity index (χ3n) is 5.28. The molecule has 0 saturated heterocycles. The monoisotopic (exact) mass is 386 g/mol. The molecule has 1 N–H and O–H groups in total. The van der Waals surface area contributed by atoms with Gasteiger partial charge in [-0.25, -0.2) is 11.6 Å². The Hall–Kier alpha value is -2.69. The summed E-state index contributed by atoms with van der Waals surface area (Å²) in [5.74, 6) is 0.828. The summed E-state index contributed by atoms with van der Waals surface area (Å²) in [6.45, 7) is 15.4.